The van der Waals surface area contributed by atoms with E-state index < -0.39 is 6.10 Å². The lowest BCUT2D eigenvalue weighted by molar-refractivity contribution is -0.141. The first-order chi connectivity index (χ1) is 11.6. The molecule has 3 heterocycles. The molecule has 1 aromatic heterocycles. The second-order valence-corrected chi connectivity index (χ2v) is 7.18. The molecule has 2 N–H and O–H groups in total. The average molecular weight is 325 g/mol. The Morgan fingerprint density at radius 3 is 2.92 bits per heavy atom. The number of hydrogen-bond acceptors (Lipinski definition) is 4. The molecule has 1 unspecified atom stereocenters. The normalized spacial score (nSPS) is 24.2. The highest BCUT2D eigenvalue weighted by molar-refractivity contribution is 5.84. The van der Waals surface area contributed by atoms with E-state index in [9.17, 15) is 9.90 Å². The Bertz CT molecular complexity index is 753. The number of β-amino-alcohol motifs (C(OH)–C–C–N with tert-alkyl or cyclic N) is 1. The smallest absolute Gasteiger partial charge is 0.226 e. The van der Waals surface area contributed by atoms with Gasteiger partial charge in [-0.15, -0.1) is 0 Å². The van der Waals surface area contributed by atoms with Gasteiger partial charge in [-0.3, -0.25) is 14.7 Å². The first kappa shape index (κ1) is 15.5. The number of fused-ring (bicyclic) bond motifs is 1. The number of aromatic nitrogens is 1. The van der Waals surface area contributed by atoms with Crippen LogP contribution in [-0.4, -0.2) is 46.6 Å². The Labute approximate surface area is 141 Å². The number of aliphatic hydroxyl groups is 1. The van der Waals surface area contributed by atoms with Crippen LogP contribution in [0.4, 0.5) is 0 Å². The molecule has 0 bridgehead atoms. The number of benzene rings is 1. The van der Waals surface area contributed by atoms with Gasteiger partial charge in [-0.05, 0) is 55.4 Å². The summed E-state index contributed by atoms with van der Waals surface area (Å²) >= 11 is 0. The first-order valence-corrected chi connectivity index (χ1v) is 8.66. The van der Waals surface area contributed by atoms with E-state index in [-0.39, 0.29) is 11.3 Å². The molecule has 1 spiro atoms. The van der Waals surface area contributed by atoms with Gasteiger partial charge in [-0.25, -0.2) is 0 Å². The number of carbonyl (C=O) groups excluding carboxylic acids is 1. The summed E-state index contributed by atoms with van der Waals surface area (Å²) in [5, 5.41) is 15.1. The topological polar surface area (TPSA) is 65.5 Å². The fourth-order valence-corrected chi connectivity index (χ4v) is 4.07. The van der Waals surface area contributed by atoms with Crippen molar-refractivity contribution in [1.82, 2.24) is 15.2 Å². The monoisotopic (exact) mass is 325 g/mol. The summed E-state index contributed by atoms with van der Waals surface area (Å²) in [6.07, 6.45) is 5.57. The van der Waals surface area contributed by atoms with Gasteiger partial charge < -0.3 is 10.4 Å². The van der Waals surface area contributed by atoms with Gasteiger partial charge >= 0.3 is 0 Å². The van der Waals surface area contributed by atoms with Crippen molar-refractivity contribution in [1.29, 1.82) is 0 Å². The number of rotatable bonds is 2. The van der Waals surface area contributed by atoms with Crippen LogP contribution in [0.5, 0.6) is 0 Å². The Morgan fingerprint density at radius 2 is 2.08 bits per heavy atom. The maximum absolute atomic E-state index is 12.3. The number of likely N-dealkylation sites (tertiary alicyclic amines) is 1. The molecule has 2 saturated heterocycles. The summed E-state index contributed by atoms with van der Waals surface area (Å²) in [5.74, 6) is 0.130. The Morgan fingerprint density at radius 1 is 1.25 bits per heavy atom. The van der Waals surface area contributed by atoms with Crippen LogP contribution in [-0.2, 0) is 11.3 Å². The molecule has 126 valence electrons. The van der Waals surface area contributed by atoms with Crippen molar-refractivity contribution in [3.8, 4) is 0 Å². The van der Waals surface area contributed by atoms with E-state index in [1.165, 1.54) is 10.9 Å². The third-order valence-electron chi connectivity index (χ3n) is 5.53. The molecule has 5 nitrogen and oxygen atoms in total. The van der Waals surface area contributed by atoms with Crippen molar-refractivity contribution in [2.45, 2.75) is 31.9 Å². The zero-order valence-electron chi connectivity index (χ0n) is 13.7. The number of amides is 1. The molecular weight excluding hydrogens is 302 g/mol. The van der Waals surface area contributed by atoms with Crippen LogP contribution in [0.25, 0.3) is 10.8 Å². The molecule has 2 aliphatic heterocycles. The van der Waals surface area contributed by atoms with E-state index in [4.69, 9.17) is 0 Å². The summed E-state index contributed by atoms with van der Waals surface area (Å²) < 4.78 is 0. The van der Waals surface area contributed by atoms with Crippen molar-refractivity contribution in [3.63, 3.8) is 0 Å². The lowest BCUT2D eigenvalue weighted by atomic mass is 9.71. The van der Waals surface area contributed by atoms with Crippen LogP contribution >= 0.6 is 0 Å². The number of pyridine rings is 1. The van der Waals surface area contributed by atoms with E-state index in [0.29, 0.717) is 13.0 Å². The maximum Gasteiger partial charge on any atom is 0.226 e. The average Bonchev–Trinajstić information content (AvgIpc) is 2.60. The highest BCUT2D eigenvalue weighted by Crippen LogP contribution is 2.38. The Kier molecular flexibility index (Phi) is 3.98. The summed E-state index contributed by atoms with van der Waals surface area (Å²) in [6, 6.07) is 8.54. The second-order valence-electron chi connectivity index (χ2n) is 7.18. The van der Waals surface area contributed by atoms with Gasteiger partial charge in [-0.2, -0.15) is 0 Å². The van der Waals surface area contributed by atoms with E-state index in [0.717, 1.165) is 37.9 Å². The molecule has 0 aliphatic carbocycles. The predicted octanol–water partition coefficient (Wildman–Crippen LogP) is 1.70. The molecule has 1 atom stereocenters. The quantitative estimate of drug-likeness (QED) is 0.882. The van der Waals surface area contributed by atoms with Gasteiger partial charge in [0.15, 0.2) is 0 Å². The number of carbonyl (C=O) groups is 1. The van der Waals surface area contributed by atoms with Crippen LogP contribution in [0.15, 0.2) is 36.7 Å². The standard InChI is InChI=1S/C19H23N3O2/c23-17-10-19(18(24)21-12-17)4-7-22(8-5-19)13-14-1-2-16-11-20-6-3-15(16)9-14/h1-3,6,9,11,17,23H,4-5,7-8,10,12-13H2,(H,21,24). The molecule has 0 radical (unpaired) electrons. The lowest BCUT2D eigenvalue weighted by Gasteiger charge is -2.44. The third-order valence-corrected chi connectivity index (χ3v) is 5.53. The number of piperidine rings is 2. The maximum atomic E-state index is 12.3. The molecule has 1 amide bonds. The second kappa shape index (κ2) is 6.15. The number of aliphatic hydroxyl groups excluding tert-OH is 1. The van der Waals surface area contributed by atoms with E-state index in [2.05, 4.69) is 33.4 Å². The van der Waals surface area contributed by atoms with Crippen molar-refractivity contribution < 1.29 is 9.90 Å². The molecule has 1 aromatic carbocycles. The number of hydrogen-bond donors (Lipinski definition) is 2. The van der Waals surface area contributed by atoms with Crippen molar-refractivity contribution >= 4 is 16.7 Å². The van der Waals surface area contributed by atoms with Crippen LogP contribution in [0.1, 0.15) is 24.8 Å². The van der Waals surface area contributed by atoms with Crippen LogP contribution in [0.3, 0.4) is 0 Å². The Balaban J connectivity index is 1.43. The minimum atomic E-state index is -0.400. The van der Waals surface area contributed by atoms with Gasteiger partial charge in [0, 0.05) is 30.9 Å². The van der Waals surface area contributed by atoms with Gasteiger partial charge in [-0.1, -0.05) is 12.1 Å². The van der Waals surface area contributed by atoms with E-state index in [1.807, 2.05) is 18.5 Å². The Hall–Kier alpha value is -1.98. The molecule has 0 saturated carbocycles. The number of nitrogens with zero attached hydrogens (tertiary/aromatic N) is 2. The molecule has 2 fully saturated rings. The minimum Gasteiger partial charge on any atom is -0.391 e. The lowest BCUT2D eigenvalue weighted by Crippen LogP contribution is -2.55. The molecule has 5 heteroatoms. The SMILES string of the molecule is O=C1NCC(O)CC12CCN(Cc1ccc3cnccc3c1)CC2. The van der Waals surface area contributed by atoms with Crippen molar-refractivity contribution in [2.24, 2.45) is 5.41 Å². The molecule has 4 rings (SSSR count). The zero-order valence-corrected chi connectivity index (χ0v) is 13.7. The summed E-state index contributed by atoms with van der Waals surface area (Å²) in [6.45, 7) is 3.10. The van der Waals surface area contributed by atoms with Gasteiger partial charge in [0.05, 0.1) is 11.5 Å². The van der Waals surface area contributed by atoms with E-state index >= 15 is 0 Å². The van der Waals surface area contributed by atoms with E-state index in [1.54, 1.807) is 0 Å². The van der Waals surface area contributed by atoms with Gasteiger partial charge in [0.2, 0.25) is 5.91 Å². The van der Waals surface area contributed by atoms with Crippen LogP contribution in [0.2, 0.25) is 0 Å². The van der Waals surface area contributed by atoms with Crippen LogP contribution in [0, 0.1) is 5.41 Å². The zero-order chi connectivity index (χ0) is 16.6. The predicted molar refractivity (Wildman–Crippen MR) is 92.3 cm³/mol. The van der Waals surface area contributed by atoms with Crippen molar-refractivity contribution in [2.75, 3.05) is 19.6 Å². The van der Waals surface area contributed by atoms with Crippen LogP contribution < -0.4 is 5.32 Å². The summed E-state index contributed by atoms with van der Waals surface area (Å²) in [4.78, 5) is 18.8. The van der Waals surface area contributed by atoms with Crippen molar-refractivity contribution in [3.05, 3.63) is 42.2 Å². The third kappa shape index (κ3) is 2.89. The highest BCUT2D eigenvalue weighted by atomic mass is 16.3. The highest BCUT2D eigenvalue weighted by Gasteiger charge is 2.45. The molecule has 2 aliphatic rings. The number of nitrogens with one attached hydrogen (secondary N) is 1. The molecule has 2 aromatic rings. The fourth-order valence-electron chi connectivity index (χ4n) is 4.07. The molecular formula is C19H23N3O2. The summed E-state index contributed by atoms with van der Waals surface area (Å²) in [7, 11) is 0. The largest absolute Gasteiger partial charge is 0.391 e. The fraction of sp³-hybridized carbons (Fsp3) is 0.474. The molecule has 24 heavy (non-hydrogen) atoms. The minimum absolute atomic E-state index is 0.130. The summed E-state index contributed by atoms with van der Waals surface area (Å²) in [5.41, 5.74) is 0.932. The van der Waals surface area contributed by atoms with Gasteiger partial charge in [0.25, 0.3) is 0 Å². The first-order valence-electron chi connectivity index (χ1n) is 8.66. The van der Waals surface area contributed by atoms with Gasteiger partial charge in [0.1, 0.15) is 0 Å².